The van der Waals surface area contributed by atoms with Gasteiger partial charge in [0, 0.05) is 23.1 Å². The summed E-state index contributed by atoms with van der Waals surface area (Å²) in [5.41, 5.74) is 11.3. The standard InChI is InChI=1S/C46H31N5.HI/c1-2-13-30(14-3-1)45-32-16-4-6-18-34(32)46(35-19-7-5-17-33(35)45)41-24-11-22-38(49-41)37-20-10-21-39(48-37)40-23-12-26-44(50-40)51-42-25-9-8-15-31(42)36-29-47-28-27-43(36)51;/h1-28,47H,29H2;1H. The molecule has 1 aliphatic heterocycles. The second-order valence-electron chi connectivity index (χ2n) is 12.8. The van der Waals surface area contributed by atoms with E-state index in [2.05, 4.69) is 143 Å². The fourth-order valence-corrected chi connectivity index (χ4v) is 7.68. The van der Waals surface area contributed by atoms with Crippen molar-refractivity contribution >= 4 is 62.5 Å². The van der Waals surface area contributed by atoms with Gasteiger partial charge in [-0.3, -0.25) is 4.57 Å². The van der Waals surface area contributed by atoms with Gasteiger partial charge >= 0.3 is 0 Å². The van der Waals surface area contributed by atoms with Gasteiger partial charge in [-0.25, -0.2) is 15.0 Å². The second kappa shape index (κ2) is 13.2. The maximum Gasteiger partial charge on any atom is 0.138 e. The van der Waals surface area contributed by atoms with Crippen molar-refractivity contribution in [3.05, 3.63) is 175 Å². The number of aromatic nitrogens is 4. The molecule has 1 N–H and O–H groups in total. The van der Waals surface area contributed by atoms with E-state index in [9.17, 15) is 0 Å². The number of halogens is 1. The summed E-state index contributed by atoms with van der Waals surface area (Å²) in [6.07, 6.45) is 4.14. The number of nitrogens with zero attached hydrogens (tertiary/aromatic N) is 4. The van der Waals surface area contributed by atoms with Crippen LogP contribution in [0.5, 0.6) is 0 Å². The third-order valence-corrected chi connectivity index (χ3v) is 9.89. The molecule has 5 aromatic carbocycles. The van der Waals surface area contributed by atoms with Gasteiger partial charge in [0.2, 0.25) is 0 Å². The predicted molar refractivity (Wildman–Crippen MR) is 225 cm³/mol. The maximum atomic E-state index is 5.29. The van der Waals surface area contributed by atoms with Crippen molar-refractivity contribution in [1.29, 1.82) is 0 Å². The smallest absolute Gasteiger partial charge is 0.138 e. The van der Waals surface area contributed by atoms with Crippen LogP contribution < -0.4 is 5.32 Å². The van der Waals surface area contributed by atoms with Gasteiger partial charge in [-0.1, -0.05) is 115 Å². The lowest BCUT2D eigenvalue weighted by molar-refractivity contribution is 0.852. The number of pyridine rings is 3. The summed E-state index contributed by atoms with van der Waals surface area (Å²) in [6, 6.07) is 55.0. The molecule has 0 unspecified atom stereocenters. The molecule has 5 nitrogen and oxygen atoms in total. The van der Waals surface area contributed by atoms with Crippen LogP contribution in [0, 0.1) is 0 Å². The Bertz CT molecular complexity index is 2760. The molecule has 0 saturated heterocycles. The molecule has 0 amide bonds. The average molecular weight is 782 g/mol. The van der Waals surface area contributed by atoms with E-state index >= 15 is 0 Å². The summed E-state index contributed by atoms with van der Waals surface area (Å²) in [5, 5.41) is 9.36. The van der Waals surface area contributed by atoms with Crippen molar-refractivity contribution in [1.82, 2.24) is 24.8 Å². The van der Waals surface area contributed by atoms with Crippen molar-refractivity contribution in [2.24, 2.45) is 0 Å². The predicted octanol–water partition coefficient (Wildman–Crippen LogP) is 11.5. The molecule has 0 saturated carbocycles. The molecule has 52 heavy (non-hydrogen) atoms. The quantitative estimate of drug-likeness (QED) is 0.140. The molecule has 1 aliphatic rings. The Morgan fingerprint density at radius 1 is 0.442 bits per heavy atom. The van der Waals surface area contributed by atoms with Gasteiger partial charge in [0.25, 0.3) is 0 Å². The zero-order valence-corrected chi connectivity index (χ0v) is 30.4. The van der Waals surface area contributed by atoms with E-state index in [1.54, 1.807) is 0 Å². The largest absolute Gasteiger partial charge is 0.387 e. The first kappa shape index (κ1) is 31.8. The summed E-state index contributed by atoms with van der Waals surface area (Å²) < 4.78 is 2.25. The Labute approximate surface area is 318 Å². The summed E-state index contributed by atoms with van der Waals surface area (Å²) in [4.78, 5) is 15.6. The number of benzene rings is 5. The molecule has 0 spiro atoms. The van der Waals surface area contributed by atoms with Crippen molar-refractivity contribution < 1.29 is 0 Å². The highest BCUT2D eigenvalue weighted by molar-refractivity contribution is 14.0. The number of rotatable bonds is 5. The van der Waals surface area contributed by atoms with E-state index in [1.165, 1.54) is 43.6 Å². The van der Waals surface area contributed by atoms with E-state index in [4.69, 9.17) is 15.0 Å². The molecule has 9 aromatic rings. The average Bonchev–Trinajstić information content (AvgIpc) is 3.55. The monoisotopic (exact) mass is 781 g/mol. The minimum atomic E-state index is 0. The Morgan fingerprint density at radius 2 is 0.942 bits per heavy atom. The number of hydrogen-bond donors (Lipinski definition) is 1. The number of para-hydroxylation sites is 1. The molecule has 0 radical (unpaired) electrons. The molecular weight excluding hydrogens is 749 g/mol. The van der Waals surface area contributed by atoms with Gasteiger partial charge in [-0.2, -0.15) is 0 Å². The first-order valence-corrected chi connectivity index (χ1v) is 17.3. The van der Waals surface area contributed by atoms with E-state index in [0.717, 1.165) is 57.6 Å². The van der Waals surface area contributed by atoms with Gasteiger partial charge in [0.1, 0.15) is 5.82 Å². The molecule has 0 bridgehead atoms. The van der Waals surface area contributed by atoms with E-state index in [-0.39, 0.29) is 24.0 Å². The van der Waals surface area contributed by atoms with Crippen LogP contribution in [0.4, 0.5) is 0 Å². The normalized spacial score (nSPS) is 12.1. The minimum Gasteiger partial charge on any atom is -0.387 e. The van der Waals surface area contributed by atoms with Crippen LogP contribution in [-0.4, -0.2) is 19.5 Å². The first-order chi connectivity index (χ1) is 25.3. The maximum absolute atomic E-state index is 5.29. The Hall–Kier alpha value is -6.12. The zero-order valence-electron chi connectivity index (χ0n) is 28.1. The van der Waals surface area contributed by atoms with Gasteiger partial charge in [0.05, 0.1) is 39.7 Å². The van der Waals surface area contributed by atoms with Crippen LogP contribution in [0.15, 0.2) is 164 Å². The topological polar surface area (TPSA) is 55.6 Å². The van der Waals surface area contributed by atoms with Crippen LogP contribution in [0.2, 0.25) is 0 Å². The third kappa shape index (κ3) is 5.26. The van der Waals surface area contributed by atoms with Crippen LogP contribution in [0.3, 0.4) is 0 Å². The van der Waals surface area contributed by atoms with Gasteiger partial charge in [0.15, 0.2) is 0 Å². The highest BCUT2D eigenvalue weighted by Gasteiger charge is 2.20. The molecule has 0 aliphatic carbocycles. The molecule has 0 atom stereocenters. The fraction of sp³-hybridized carbons (Fsp3) is 0.0217. The zero-order chi connectivity index (χ0) is 33.7. The van der Waals surface area contributed by atoms with Crippen LogP contribution in [0.1, 0.15) is 11.3 Å². The van der Waals surface area contributed by atoms with Gasteiger partial charge in [-0.15, -0.1) is 24.0 Å². The summed E-state index contributed by atoms with van der Waals surface area (Å²) in [7, 11) is 0. The molecule has 10 rings (SSSR count). The highest BCUT2D eigenvalue weighted by atomic mass is 127. The Kier molecular flexibility index (Phi) is 8.09. The summed E-state index contributed by atoms with van der Waals surface area (Å²) in [5.74, 6) is 0.863. The van der Waals surface area contributed by atoms with Crippen molar-refractivity contribution in [3.8, 4) is 51.0 Å². The molecular formula is C46H32IN5. The molecule has 6 heteroatoms. The van der Waals surface area contributed by atoms with Crippen LogP contribution >= 0.6 is 24.0 Å². The highest BCUT2D eigenvalue weighted by Crippen LogP contribution is 2.43. The van der Waals surface area contributed by atoms with Crippen molar-refractivity contribution in [2.75, 3.05) is 0 Å². The number of hydrogen-bond acceptors (Lipinski definition) is 4. The lowest BCUT2D eigenvalue weighted by Crippen LogP contribution is -2.11. The van der Waals surface area contributed by atoms with E-state index < -0.39 is 0 Å². The Morgan fingerprint density at radius 3 is 1.60 bits per heavy atom. The minimum absolute atomic E-state index is 0. The molecule has 248 valence electrons. The molecule has 4 aromatic heterocycles. The van der Waals surface area contributed by atoms with Crippen molar-refractivity contribution in [2.45, 2.75) is 6.54 Å². The van der Waals surface area contributed by atoms with Gasteiger partial charge in [-0.05, 0) is 87.4 Å². The SMILES string of the molecule is C1=Cc2c(c3ccccc3n2-c2cccc(-c3cccc(-c4cccc(-c5c6ccccc6c(-c6ccccc6)c6ccccc56)n4)n3)n2)CN1.I. The fourth-order valence-electron chi connectivity index (χ4n) is 7.68. The molecule has 0 fully saturated rings. The summed E-state index contributed by atoms with van der Waals surface area (Å²) in [6.45, 7) is 0.789. The lowest BCUT2D eigenvalue weighted by atomic mass is 9.87. The first-order valence-electron chi connectivity index (χ1n) is 17.3. The lowest BCUT2D eigenvalue weighted by Gasteiger charge is -2.17. The third-order valence-electron chi connectivity index (χ3n) is 9.89. The number of nitrogens with one attached hydrogen (secondary N) is 1. The Balaban J connectivity index is 0.00000360. The van der Waals surface area contributed by atoms with Crippen LogP contribution in [0.25, 0.3) is 89.5 Å². The van der Waals surface area contributed by atoms with E-state index in [0.29, 0.717) is 0 Å². The molecule has 5 heterocycles. The van der Waals surface area contributed by atoms with Crippen molar-refractivity contribution in [3.63, 3.8) is 0 Å². The van der Waals surface area contributed by atoms with Crippen LogP contribution in [-0.2, 0) is 6.54 Å². The van der Waals surface area contributed by atoms with Gasteiger partial charge < -0.3 is 5.32 Å². The number of fused-ring (bicyclic) bond motifs is 5. The summed E-state index contributed by atoms with van der Waals surface area (Å²) >= 11 is 0. The van der Waals surface area contributed by atoms with E-state index in [1.807, 2.05) is 36.5 Å². The second-order valence-corrected chi connectivity index (χ2v) is 12.8.